The number of terminal acetylenes is 1. The van der Waals surface area contributed by atoms with Crippen molar-refractivity contribution < 1.29 is 9.18 Å². The fraction of sp³-hybridized carbons (Fsp3) is 0.471. The van der Waals surface area contributed by atoms with Crippen molar-refractivity contribution in [3.8, 4) is 12.3 Å². The molecule has 1 aromatic carbocycles. The lowest BCUT2D eigenvalue weighted by Gasteiger charge is -2.33. The molecule has 1 saturated carbocycles. The van der Waals surface area contributed by atoms with Crippen LogP contribution in [0.3, 0.4) is 0 Å². The minimum absolute atomic E-state index is 0.0333. The average Bonchev–Trinajstić information content (AvgIpc) is 3.28. The van der Waals surface area contributed by atoms with Gasteiger partial charge in [0.25, 0.3) is 0 Å². The van der Waals surface area contributed by atoms with Crippen molar-refractivity contribution >= 4 is 5.91 Å². The number of carbonyl (C=O) groups excluding carboxylic acids is 1. The van der Waals surface area contributed by atoms with Gasteiger partial charge in [-0.1, -0.05) is 18.1 Å². The van der Waals surface area contributed by atoms with Crippen LogP contribution in [0, 0.1) is 24.1 Å². The van der Waals surface area contributed by atoms with Crippen LogP contribution in [0.15, 0.2) is 24.3 Å². The summed E-state index contributed by atoms with van der Waals surface area (Å²) in [6.45, 7) is 3.82. The molecule has 1 saturated heterocycles. The molecule has 1 aliphatic carbocycles. The molecule has 3 nitrogen and oxygen atoms in total. The smallest absolute Gasteiger partial charge is 0.226 e. The first kappa shape index (κ1) is 14.1. The number of hydrogen-bond acceptors (Lipinski definition) is 2. The topological polar surface area (TPSA) is 23.6 Å². The quantitative estimate of drug-likeness (QED) is 0.790. The molecule has 0 aromatic heterocycles. The van der Waals surface area contributed by atoms with Gasteiger partial charge in [0.2, 0.25) is 5.91 Å². The van der Waals surface area contributed by atoms with Crippen molar-refractivity contribution in [1.29, 1.82) is 0 Å². The highest BCUT2D eigenvalue weighted by Crippen LogP contribution is 2.48. The van der Waals surface area contributed by atoms with Crippen molar-refractivity contribution in [1.82, 2.24) is 9.80 Å². The van der Waals surface area contributed by atoms with Crippen LogP contribution in [0.5, 0.6) is 0 Å². The van der Waals surface area contributed by atoms with Crippen molar-refractivity contribution in [3.63, 3.8) is 0 Å². The number of hydrogen-bond donors (Lipinski definition) is 0. The summed E-state index contributed by atoms with van der Waals surface area (Å²) in [5, 5.41) is 0. The summed E-state index contributed by atoms with van der Waals surface area (Å²) in [4.78, 5) is 16.6. The van der Waals surface area contributed by atoms with Crippen LogP contribution in [-0.2, 0) is 4.79 Å². The molecular formula is C17H19FN2O. The van der Waals surface area contributed by atoms with E-state index in [1.165, 1.54) is 6.07 Å². The molecule has 2 atom stereocenters. The maximum atomic E-state index is 13.2. The van der Waals surface area contributed by atoms with Crippen molar-refractivity contribution in [3.05, 3.63) is 35.6 Å². The SMILES string of the molecule is C#CCN1CCN(C(=O)C2CC2c2cccc(F)c2)CC1. The van der Waals surface area contributed by atoms with Gasteiger partial charge in [0, 0.05) is 32.1 Å². The zero-order valence-corrected chi connectivity index (χ0v) is 12.0. The Morgan fingerprint density at radius 3 is 2.76 bits per heavy atom. The summed E-state index contributed by atoms with van der Waals surface area (Å²) in [6, 6.07) is 6.60. The molecule has 2 aliphatic rings. The lowest BCUT2D eigenvalue weighted by molar-refractivity contribution is -0.134. The number of benzene rings is 1. The molecule has 0 radical (unpaired) electrons. The Hall–Kier alpha value is -1.86. The summed E-state index contributed by atoms with van der Waals surface area (Å²) in [6.07, 6.45) is 6.14. The lowest BCUT2D eigenvalue weighted by Crippen LogP contribution is -2.49. The molecule has 21 heavy (non-hydrogen) atoms. The second-order valence-corrected chi connectivity index (χ2v) is 5.81. The molecule has 2 fully saturated rings. The monoisotopic (exact) mass is 286 g/mol. The summed E-state index contributed by atoms with van der Waals surface area (Å²) < 4.78 is 13.2. The molecule has 4 heteroatoms. The average molecular weight is 286 g/mol. The molecule has 3 rings (SSSR count). The Labute approximate surface area is 124 Å². The molecule has 1 heterocycles. The molecule has 1 aliphatic heterocycles. The zero-order chi connectivity index (χ0) is 14.8. The Bertz CT molecular complexity index is 572. The van der Waals surface area contributed by atoms with E-state index in [1.54, 1.807) is 12.1 Å². The predicted octanol–water partition coefficient (Wildman–Crippen LogP) is 1.71. The van der Waals surface area contributed by atoms with Crippen LogP contribution in [0.1, 0.15) is 17.9 Å². The van der Waals surface area contributed by atoms with Crippen molar-refractivity contribution in [2.75, 3.05) is 32.7 Å². The van der Waals surface area contributed by atoms with Crippen molar-refractivity contribution in [2.45, 2.75) is 12.3 Å². The van der Waals surface area contributed by atoms with E-state index in [4.69, 9.17) is 6.42 Å². The molecule has 2 unspecified atom stereocenters. The fourth-order valence-corrected chi connectivity index (χ4v) is 3.06. The van der Waals surface area contributed by atoms with E-state index >= 15 is 0 Å². The second kappa shape index (κ2) is 5.87. The predicted molar refractivity (Wildman–Crippen MR) is 79.1 cm³/mol. The zero-order valence-electron chi connectivity index (χ0n) is 12.0. The lowest BCUT2D eigenvalue weighted by atomic mass is 10.1. The van der Waals surface area contributed by atoms with Gasteiger partial charge in [-0.3, -0.25) is 9.69 Å². The fourth-order valence-electron chi connectivity index (χ4n) is 3.06. The van der Waals surface area contributed by atoms with E-state index in [0.717, 1.165) is 38.2 Å². The van der Waals surface area contributed by atoms with Crippen LogP contribution >= 0.6 is 0 Å². The summed E-state index contributed by atoms with van der Waals surface area (Å²) in [7, 11) is 0. The highest BCUT2D eigenvalue weighted by atomic mass is 19.1. The molecule has 0 spiro atoms. The van der Waals surface area contributed by atoms with Gasteiger partial charge in [-0.15, -0.1) is 6.42 Å². The number of halogens is 1. The number of amides is 1. The van der Waals surface area contributed by atoms with Crippen LogP contribution in [0.4, 0.5) is 4.39 Å². The second-order valence-electron chi connectivity index (χ2n) is 5.81. The molecule has 110 valence electrons. The van der Waals surface area contributed by atoms with Gasteiger partial charge in [0.05, 0.1) is 6.54 Å². The van der Waals surface area contributed by atoms with Gasteiger partial charge in [-0.25, -0.2) is 4.39 Å². The van der Waals surface area contributed by atoms with Crippen LogP contribution in [-0.4, -0.2) is 48.4 Å². The third-order valence-corrected chi connectivity index (χ3v) is 4.38. The summed E-state index contributed by atoms with van der Waals surface area (Å²) >= 11 is 0. The molecule has 0 N–H and O–H groups in total. The highest BCUT2D eigenvalue weighted by Gasteiger charge is 2.46. The highest BCUT2D eigenvalue weighted by molar-refractivity contribution is 5.83. The van der Waals surface area contributed by atoms with E-state index in [1.807, 2.05) is 11.0 Å². The van der Waals surface area contributed by atoms with Crippen molar-refractivity contribution in [2.24, 2.45) is 5.92 Å². The summed E-state index contributed by atoms with van der Waals surface area (Å²) in [5.74, 6) is 2.85. The van der Waals surface area contributed by atoms with E-state index in [2.05, 4.69) is 10.8 Å². The third kappa shape index (κ3) is 3.08. The maximum absolute atomic E-state index is 13.2. The number of nitrogens with zero attached hydrogens (tertiary/aromatic N) is 2. The number of rotatable bonds is 3. The Kier molecular flexibility index (Phi) is 3.94. The minimum atomic E-state index is -0.228. The Morgan fingerprint density at radius 2 is 2.10 bits per heavy atom. The summed E-state index contributed by atoms with van der Waals surface area (Å²) in [5.41, 5.74) is 0.944. The molecule has 0 bridgehead atoms. The van der Waals surface area contributed by atoms with E-state index < -0.39 is 0 Å². The van der Waals surface area contributed by atoms with Gasteiger partial charge >= 0.3 is 0 Å². The Balaban J connectivity index is 1.55. The standard InChI is InChI=1S/C17H19FN2O/c1-2-6-19-7-9-20(10-8-19)17(21)16-12-15(16)13-4-3-5-14(18)11-13/h1,3-5,11,15-16H,6-10,12H2. The maximum Gasteiger partial charge on any atom is 0.226 e. The van der Waals surface area contributed by atoms with Gasteiger partial charge in [0.1, 0.15) is 5.82 Å². The van der Waals surface area contributed by atoms with Gasteiger partial charge in [0.15, 0.2) is 0 Å². The minimum Gasteiger partial charge on any atom is -0.340 e. The van der Waals surface area contributed by atoms with Gasteiger partial charge in [-0.2, -0.15) is 0 Å². The third-order valence-electron chi connectivity index (χ3n) is 4.38. The van der Waals surface area contributed by atoms with Gasteiger partial charge in [-0.05, 0) is 30.0 Å². The normalized spacial score (nSPS) is 25.4. The largest absolute Gasteiger partial charge is 0.340 e. The van der Waals surface area contributed by atoms with Crippen LogP contribution in [0.25, 0.3) is 0 Å². The van der Waals surface area contributed by atoms with E-state index in [-0.39, 0.29) is 23.6 Å². The Morgan fingerprint density at radius 1 is 1.33 bits per heavy atom. The molecular weight excluding hydrogens is 267 g/mol. The number of piperazine rings is 1. The van der Waals surface area contributed by atoms with E-state index in [9.17, 15) is 9.18 Å². The first-order valence-electron chi connectivity index (χ1n) is 7.39. The van der Waals surface area contributed by atoms with Crippen LogP contribution in [0.2, 0.25) is 0 Å². The van der Waals surface area contributed by atoms with Crippen LogP contribution < -0.4 is 0 Å². The van der Waals surface area contributed by atoms with E-state index in [0.29, 0.717) is 6.54 Å². The molecule has 1 amide bonds. The first-order chi connectivity index (χ1) is 10.2. The first-order valence-corrected chi connectivity index (χ1v) is 7.39. The molecule has 1 aromatic rings. The van der Waals surface area contributed by atoms with Gasteiger partial charge < -0.3 is 4.90 Å². The number of carbonyl (C=O) groups is 1.